The molecule has 1 saturated heterocycles. The van der Waals surface area contributed by atoms with Crippen molar-refractivity contribution >= 4 is 17.7 Å². The van der Waals surface area contributed by atoms with Gasteiger partial charge in [-0.25, -0.2) is 0 Å². The summed E-state index contributed by atoms with van der Waals surface area (Å²) in [5.41, 5.74) is 11.6. The van der Waals surface area contributed by atoms with Gasteiger partial charge in [-0.1, -0.05) is 19.9 Å². The average molecular weight is 292 g/mol. The van der Waals surface area contributed by atoms with Crippen LogP contribution in [-0.4, -0.2) is 29.2 Å². The molecule has 7 nitrogen and oxygen atoms in total. The summed E-state index contributed by atoms with van der Waals surface area (Å²) in [6.07, 6.45) is 2.88. The monoisotopic (exact) mass is 292 g/mol. The number of hydrogen-bond donors (Lipinski definition) is 3. The maximum Gasteiger partial charge on any atom is 0.277 e. The minimum absolute atomic E-state index is 0.0817. The van der Waals surface area contributed by atoms with Crippen molar-refractivity contribution in [2.24, 2.45) is 16.9 Å². The van der Waals surface area contributed by atoms with Crippen molar-refractivity contribution in [1.29, 1.82) is 0 Å². The van der Waals surface area contributed by atoms with Crippen molar-refractivity contribution < 1.29 is 14.4 Å². The molecule has 21 heavy (non-hydrogen) atoms. The second-order valence-electron chi connectivity index (χ2n) is 5.31. The second kappa shape index (κ2) is 5.82. The lowest BCUT2D eigenvalue weighted by atomic mass is 9.88. The Morgan fingerprint density at radius 1 is 1.38 bits per heavy atom. The van der Waals surface area contributed by atoms with E-state index >= 15 is 0 Å². The van der Waals surface area contributed by atoms with Gasteiger partial charge in [-0.3, -0.25) is 19.3 Å². The Morgan fingerprint density at radius 3 is 2.43 bits per heavy atom. The van der Waals surface area contributed by atoms with Gasteiger partial charge in [-0.2, -0.15) is 0 Å². The molecular formula is C14H20N4O3. The summed E-state index contributed by atoms with van der Waals surface area (Å²) in [7, 11) is 0. The Bertz CT molecular complexity index is 573. The first-order valence-corrected chi connectivity index (χ1v) is 6.33. The lowest BCUT2D eigenvalue weighted by Crippen LogP contribution is -2.51. The van der Waals surface area contributed by atoms with Gasteiger partial charge in [0.25, 0.3) is 5.91 Å². The van der Waals surface area contributed by atoms with E-state index < -0.39 is 23.1 Å². The van der Waals surface area contributed by atoms with Crippen LogP contribution in [-0.2, 0) is 14.4 Å². The molecule has 0 aromatic rings. The minimum Gasteiger partial charge on any atom is -0.400 e. The third-order valence-electron chi connectivity index (χ3n) is 3.25. The lowest BCUT2D eigenvalue weighted by Gasteiger charge is -2.26. The van der Waals surface area contributed by atoms with Crippen LogP contribution in [0, 0.1) is 5.41 Å². The van der Waals surface area contributed by atoms with Gasteiger partial charge in [0.05, 0.1) is 5.70 Å². The highest BCUT2D eigenvalue weighted by atomic mass is 16.2. The van der Waals surface area contributed by atoms with E-state index in [1.165, 1.54) is 13.0 Å². The average Bonchev–Trinajstić information content (AvgIpc) is 2.41. The summed E-state index contributed by atoms with van der Waals surface area (Å²) >= 11 is 0. The number of imide groups is 1. The fraction of sp³-hybridized carbons (Fsp3) is 0.357. The molecule has 0 aliphatic carbocycles. The largest absolute Gasteiger partial charge is 0.400 e. The quantitative estimate of drug-likeness (QED) is 0.488. The zero-order valence-electron chi connectivity index (χ0n) is 12.4. The standard InChI is InChI=1S/C14H20N4O3/c1-5-14(3,4)12(16)9(15)6-10-13(21)18(8(2)19)7-11(20)17-10/h5-6H,1,7,15-16H2,2-4H3,(H,17,20)/b10-6-,12-9-. The van der Waals surface area contributed by atoms with Gasteiger partial charge in [0, 0.05) is 18.0 Å². The number of nitrogens with one attached hydrogen (secondary N) is 1. The van der Waals surface area contributed by atoms with Crippen LogP contribution in [0.5, 0.6) is 0 Å². The predicted octanol–water partition coefficient (Wildman–Crippen LogP) is -0.284. The van der Waals surface area contributed by atoms with Crippen molar-refractivity contribution in [3.05, 3.63) is 35.8 Å². The summed E-state index contributed by atoms with van der Waals surface area (Å²) in [5, 5.41) is 2.39. The van der Waals surface area contributed by atoms with Gasteiger partial charge in [0.2, 0.25) is 11.8 Å². The van der Waals surface area contributed by atoms with Crippen LogP contribution in [0.25, 0.3) is 0 Å². The van der Waals surface area contributed by atoms with Crippen LogP contribution in [0.2, 0.25) is 0 Å². The Hall–Kier alpha value is -2.57. The zero-order valence-corrected chi connectivity index (χ0v) is 12.4. The number of carbonyl (C=O) groups is 3. The molecule has 0 atom stereocenters. The van der Waals surface area contributed by atoms with E-state index in [1.807, 2.05) is 13.8 Å². The molecule has 0 spiro atoms. The van der Waals surface area contributed by atoms with Crippen molar-refractivity contribution in [1.82, 2.24) is 10.2 Å². The lowest BCUT2D eigenvalue weighted by molar-refractivity contribution is -0.147. The van der Waals surface area contributed by atoms with Crippen molar-refractivity contribution in [2.75, 3.05) is 6.54 Å². The molecule has 0 aromatic heterocycles. The molecule has 0 saturated carbocycles. The molecule has 1 heterocycles. The molecule has 0 bridgehead atoms. The van der Waals surface area contributed by atoms with Crippen LogP contribution in [0.3, 0.4) is 0 Å². The first-order valence-electron chi connectivity index (χ1n) is 6.33. The molecule has 0 radical (unpaired) electrons. The van der Waals surface area contributed by atoms with Gasteiger partial charge in [0.15, 0.2) is 0 Å². The fourth-order valence-electron chi connectivity index (χ4n) is 1.67. The summed E-state index contributed by atoms with van der Waals surface area (Å²) in [5.74, 6) is -1.60. The van der Waals surface area contributed by atoms with E-state index in [0.29, 0.717) is 5.70 Å². The van der Waals surface area contributed by atoms with Crippen LogP contribution < -0.4 is 16.8 Å². The number of nitrogens with zero attached hydrogens (tertiary/aromatic N) is 1. The minimum atomic E-state index is -0.616. The molecule has 1 aliphatic rings. The number of hydrogen-bond acceptors (Lipinski definition) is 5. The topological polar surface area (TPSA) is 119 Å². The molecule has 5 N–H and O–H groups in total. The Kier molecular flexibility index (Phi) is 4.57. The normalized spacial score (nSPS) is 19.2. The summed E-state index contributed by atoms with van der Waals surface area (Å²) < 4.78 is 0. The number of rotatable bonds is 3. The highest BCUT2D eigenvalue weighted by molar-refractivity contribution is 6.10. The van der Waals surface area contributed by atoms with Crippen LogP contribution in [0.4, 0.5) is 0 Å². The van der Waals surface area contributed by atoms with E-state index in [4.69, 9.17) is 11.5 Å². The number of amides is 3. The van der Waals surface area contributed by atoms with Crippen molar-refractivity contribution in [3.63, 3.8) is 0 Å². The van der Waals surface area contributed by atoms with Gasteiger partial charge in [-0.05, 0) is 6.08 Å². The molecule has 3 amide bonds. The Labute approximate surface area is 123 Å². The van der Waals surface area contributed by atoms with Crippen LogP contribution in [0.1, 0.15) is 20.8 Å². The molecule has 1 aliphatic heterocycles. The van der Waals surface area contributed by atoms with E-state index in [0.717, 1.165) is 4.90 Å². The fourth-order valence-corrected chi connectivity index (χ4v) is 1.67. The number of allylic oxidation sites excluding steroid dienone is 2. The third kappa shape index (κ3) is 3.50. The van der Waals surface area contributed by atoms with E-state index in [9.17, 15) is 14.4 Å². The summed E-state index contributed by atoms with van der Waals surface area (Å²) in [6, 6.07) is 0. The van der Waals surface area contributed by atoms with Crippen LogP contribution in [0.15, 0.2) is 35.8 Å². The van der Waals surface area contributed by atoms with E-state index in [2.05, 4.69) is 11.9 Å². The molecule has 0 unspecified atom stereocenters. The van der Waals surface area contributed by atoms with Gasteiger partial charge < -0.3 is 16.8 Å². The zero-order chi connectivity index (χ0) is 16.4. The highest BCUT2D eigenvalue weighted by Crippen LogP contribution is 2.25. The maximum atomic E-state index is 12.1. The van der Waals surface area contributed by atoms with Crippen molar-refractivity contribution in [2.45, 2.75) is 20.8 Å². The van der Waals surface area contributed by atoms with Gasteiger partial charge in [-0.15, -0.1) is 6.58 Å². The smallest absolute Gasteiger partial charge is 0.277 e. The number of carbonyl (C=O) groups excluding carboxylic acids is 3. The highest BCUT2D eigenvalue weighted by Gasteiger charge is 2.31. The summed E-state index contributed by atoms with van der Waals surface area (Å²) in [6.45, 7) is 8.19. The maximum absolute atomic E-state index is 12.1. The summed E-state index contributed by atoms with van der Waals surface area (Å²) in [4.78, 5) is 35.8. The first-order chi connectivity index (χ1) is 9.60. The second-order valence-corrected chi connectivity index (χ2v) is 5.31. The first kappa shape index (κ1) is 16.5. The predicted molar refractivity (Wildman–Crippen MR) is 78.0 cm³/mol. The molecule has 1 fully saturated rings. The Balaban J connectivity index is 3.21. The molecule has 1 rings (SSSR count). The van der Waals surface area contributed by atoms with E-state index in [1.54, 1.807) is 6.08 Å². The number of piperazine rings is 1. The third-order valence-corrected chi connectivity index (χ3v) is 3.25. The molecule has 7 heteroatoms. The van der Waals surface area contributed by atoms with Crippen molar-refractivity contribution in [3.8, 4) is 0 Å². The molecular weight excluding hydrogens is 272 g/mol. The molecule has 0 aromatic carbocycles. The van der Waals surface area contributed by atoms with Crippen LogP contribution >= 0.6 is 0 Å². The number of nitrogens with two attached hydrogens (primary N) is 2. The Morgan fingerprint density at radius 2 is 1.95 bits per heavy atom. The SMILES string of the molecule is C=CC(C)(C)/C(N)=C(N)\C=C1/NC(=O)CN(C(C)=O)C1=O. The van der Waals surface area contributed by atoms with Gasteiger partial charge in [0.1, 0.15) is 12.2 Å². The van der Waals surface area contributed by atoms with E-state index in [-0.39, 0.29) is 17.9 Å². The van der Waals surface area contributed by atoms with Gasteiger partial charge >= 0.3 is 0 Å². The molecule has 114 valence electrons.